The molecule has 150 valence electrons. The molecule has 0 heterocycles. The zero-order valence-corrected chi connectivity index (χ0v) is 18.0. The highest BCUT2D eigenvalue weighted by molar-refractivity contribution is 6.42. The normalized spacial score (nSPS) is 19.1. The molecule has 1 aliphatic carbocycles. The monoisotopic (exact) mass is 421 g/mol. The van der Waals surface area contributed by atoms with Gasteiger partial charge in [-0.15, -0.1) is 0 Å². The quantitative estimate of drug-likeness (QED) is 0.598. The number of phenolic OH excluding ortho intramolecular Hbond substituents is 1. The van der Waals surface area contributed by atoms with E-state index in [9.17, 15) is 9.90 Å². The highest BCUT2D eigenvalue weighted by Gasteiger charge is 2.34. The van der Waals surface area contributed by atoms with Gasteiger partial charge >= 0.3 is 6.09 Å². The molecule has 0 aliphatic heterocycles. The Kier molecular flexibility index (Phi) is 5.83. The van der Waals surface area contributed by atoms with Crippen LogP contribution in [0.1, 0.15) is 62.3 Å². The summed E-state index contributed by atoms with van der Waals surface area (Å²) >= 11 is 12.3. The number of aromatic hydroxyl groups is 1. The van der Waals surface area contributed by atoms with Crippen LogP contribution in [0.4, 0.5) is 4.79 Å². The summed E-state index contributed by atoms with van der Waals surface area (Å²) in [5.74, 6) is 0.296. The third-order valence-corrected chi connectivity index (χ3v) is 5.77. The smallest absolute Gasteiger partial charge is 0.410 e. The zero-order valence-electron chi connectivity index (χ0n) is 16.5. The van der Waals surface area contributed by atoms with Crippen molar-refractivity contribution in [2.45, 2.75) is 51.2 Å². The fraction of sp³-hybridized carbons (Fsp3) is 0.409. The van der Waals surface area contributed by atoms with Crippen LogP contribution >= 0.6 is 23.2 Å². The minimum Gasteiger partial charge on any atom is -0.508 e. The second-order valence-electron chi connectivity index (χ2n) is 8.22. The third-order valence-electron chi connectivity index (χ3n) is 5.03. The molecular weight excluding hydrogens is 397 g/mol. The van der Waals surface area contributed by atoms with Gasteiger partial charge in [-0.2, -0.15) is 0 Å². The van der Waals surface area contributed by atoms with Crippen molar-refractivity contribution >= 4 is 29.3 Å². The summed E-state index contributed by atoms with van der Waals surface area (Å²) in [7, 11) is 1.74. The molecule has 3 rings (SSSR count). The molecule has 2 atom stereocenters. The van der Waals surface area contributed by atoms with Crippen molar-refractivity contribution in [1.29, 1.82) is 0 Å². The number of benzene rings is 2. The minimum atomic E-state index is -0.565. The Morgan fingerprint density at radius 3 is 2.43 bits per heavy atom. The van der Waals surface area contributed by atoms with Gasteiger partial charge in [0.05, 0.1) is 16.1 Å². The number of amides is 1. The lowest BCUT2D eigenvalue weighted by Crippen LogP contribution is -2.38. The van der Waals surface area contributed by atoms with E-state index in [1.165, 1.54) is 0 Å². The van der Waals surface area contributed by atoms with Crippen molar-refractivity contribution in [2.24, 2.45) is 0 Å². The Morgan fingerprint density at radius 2 is 1.79 bits per heavy atom. The molecule has 0 bridgehead atoms. The maximum atomic E-state index is 12.6. The van der Waals surface area contributed by atoms with Crippen molar-refractivity contribution in [2.75, 3.05) is 7.05 Å². The average molecular weight is 422 g/mol. The fourth-order valence-corrected chi connectivity index (χ4v) is 4.05. The number of rotatable bonds is 2. The topological polar surface area (TPSA) is 49.8 Å². The predicted molar refractivity (Wildman–Crippen MR) is 112 cm³/mol. The summed E-state index contributed by atoms with van der Waals surface area (Å²) in [6.45, 7) is 5.54. The number of hydrogen-bond acceptors (Lipinski definition) is 3. The van der Waals surface area contributed by atoms with E-state index in [1.807, 2.05) is 39.0 Å². The first-order valence-corrected chi connectivity index (χ1v) is 10.1. The largest absolute Gasteiger partial charge is 0.508 e. The highest BCUT2D eigenvalue weighted by Crippen LogP contribution is 2.45. The molecule has 1 N–H and O–H groups in total. The van der Waals surface area contributed by atoms with Crippen LogP contribution in [0.25, 0.3) is 0 Å². The first kappa shape index (κ1) is 20.8. The first-order valence-electron chi connectivity index (χ1n) is 9.30. The van der Waals surface area contributed by atoms with E-state index in [4.69, 9.17) is 27.9 Å². The van der Waals surface area contributed by atoms with Crippen molar-refractivity contribution < 1.29 is 14.6 Å². The number of phenols is 1. The Labute approximate surface area is 176 Å². The van der Waals surface area contributed by atoms with Gasteiger partial charge in [0, 0.05) is 13.0 Å². The Morgan fingerprint density at radius 1 is 1.07 bits per heavy atom. The molecule has 0 radical (unpaired) electrons. The molecule has 0 fully saturated rings. The van der Waals surface area contributed by atoms with E-state index in [0.717, 1.165) is 29.5 Å². The average Bonchev–Trinajstić information content (AvgIpc) is 2.61. The zero-order chi connectivity index (χ0) is 20.6. The van der Waals surface area contributed by atoms with Gasteiger partial charge in [0.25, 0.3) is 0 Å². The summed E-state index contributed by atoms with van der Waals surface area (Å²) < 4.78 is 5.53. The van der Waals surface area contributed by atoms with E-state index in [2.05, 4.69) is 0 Å². The third kappa shape index (κ3) is 4.39. The first-order chi connectivity index (χ1) is 13.1. The summed E-state index contributed by atoms with van der Waals surface area (Å²) in [4.78, 5) is 14.2. The predicted octanol–water partition coefficient (Wildman–Crippen LogP) is 6.53. The van der Waals surface area contributed by atoms with Crippen LogP contribution in [-0.2, 0) is 4.74 Å². The molecule has 0 aromatic heterocycles. The minimum absolute atomic E-state index is 0.119. The van der Waals surface area contributed by atoms with Gasteiger partial charge in [-0.1, -0.05) is 35.3 Å². The number of halogens is 2. The van der Waals surface area contributed by atoms with Crippen LogP contribution in [-0.4, -0.2) is 28.7 Å². The molecule has 2 aromatic rings. The van der Waals surface area contributed by atoms with Crippen LogP contribution in [0.15, 0.2) is 36.4 Å². The molecule has 0 saturated carbocycles. The second kappa shape index (κ2) is 7.84. The van der Waals surface area contributed by atoms with E-state index in [0.29, 0.717) is 10.0 Å². The summed E-state index contributed by atoms with van der Waals surface area (Å²) in [6, 6.07) is 10.8. The van der Waals surface area contributed by atoms with Crippen LogP contribution in [0.5, 0.6) is 5.75 Å². The number of carbonyl (C=O) groups is 1. The lowest BCUT2D eigenvalue weighted by atomic mass is 9.76. The van der Waals surface area contributed by atoms with Crippen LogP contribution < -0.4 is 0 Å². The summed E-state index contributed by atoms with van der Waals surface area (Å²) in [5.41, 5.74) is 2.50. The summed E-state index contributed by atoms with van der Waals surface area (Å²) in [5, 5.41) is 11.1. The molecule has 1 amide bonds. The number of hydrogen-bond donors (Lipinski definition) is 1. The van der Waals surface area contributed by atoms with Gasteiger partial charge in [-0.05, 0) is 74.6 Å². The van der Waals surface area contributed by atoms with Crippen molar-refractivity contribution in [3.8, 4) is 5.75 Å². The number of fused-ring (bicyclic) bond motifs is 1. The van der Waals surface area contributed by atoms with Crippen LogP contribution in [0, 0.1) is 0 Å². The maximum Gasteiger partial charge on any atom is 0.410 e. The van der Waals surface area contributed by atoms with Gasteiger partial charge < -0.3 is 14.7 Å². The maximum absolute atomic E-state index is 12.6. The van der Waals surface area contributed by atoms with Crippen molar-refractivity contribution in [3.05, 3.63) is 63.1 Å². The van der Waals surface area contributed by atoms with Crippen molar-refractivity contribution in [1.82, 2.24) is 4.90 Å². The number of ether oxygens (including phenoxy) is 1. The van der Waals surface area contributed by atoms with Gasteiger partial charge in [0.2, 0.25) is 0 Å². The SMILES string of the molecule is CN(C(=O)OC(C)(C)C)C1CCC(c2ccc(Cl)c(Cl)c2)c2ccc(O)cc21. The van der Waals surface area contributed by atoms with E-state index >= 15 is 0 Å². The molecule has 0 saturated heterocycles. The lowest BCUT2D eigenvalue weighted by molar-refractivity contribution is 0.0202. The fourth-order valence-electron chi connectivity index (χ4n) is 3.74. The summed E-state index contributed by atoms with van der Waals surface area (Å²) in [6.07, 6.45) is 1.21. The van der Waals surface area contributed by atoms with Crippen molar-refractivity contribution in [3.63, 3.8) is 0 Å². The van der Waals surface area contributed by atoms with E-state index < -0.39 is 5.60 Å². The van der Waals surface area contributed by atoms with Crippen LogP contribution in [0.2, 0.25) is 10.0 Å². The molecule has 1 aliphatic rings. The molecule has 2 aromatic carbocycles. The van der Waals surface area contributed by atoms with E-state index in [1.54, 1.807) is 30.1 Å². The molecule has 4 nitrogen and oxygen atoms in total. The highest BCUT2D eigenvalue weighted by atomic mass is 35.5. The van der Waals surface area contributed by atoms with Crippen LogP contribution in [0.3, 0.4) is 0 Å². The molecule has 6 heteroatoms. The van der Waals surface area contributed by atoms with Gasteiger partial charge in [-0.3, -0.25) is 0 Å². The Balaban J connectivity index is 1.97. The molecule has 28 heavy (non-hydrogen) atoms. The molecular formula is C22H25Cl2NO3. The number of carbonyl (C=O) groups excluding carboxylic acids is 1. The number of nitrogens with zero attached hydrogens (tertiary/aromatic N) is 1. The lowest BCUT2D eigenvalue weighted by Gasteiger charge is -2.37. The van der Waals surface area contributed by atoms with E-state index in [-0.39, 0.29) is 23.8 Å². The molecule has 2 unspecified atom stereocenters. The Hall–Kier alpha value is -1.91. The second-order valence-corrected chi connectivity index (χ2v) is 9.04. The van der Waals surface area contributed by atoms with Gasteiger partial charge in [0.1, 0.15) is 11.4 Å². The van der Waals surface area contributed by atoms with Gasteiger partial charge in [-0.25, -0.2) is 4.79 Å². The molecule has 0 spiro atoms. The van der Waals surface area contributed by atoms with Gasteiger partial charge in [0.15, 0.2) is 0 Å². The Bertz CT molecular complexity index is 892. The standard InChI is InChI=1S/C22H25Cl2NO3/c1-22(2,3)28-21(27)25(4)20-10-8-15(13-5-9-18(23)19(24)11-13)16-7-6-14(26)12-17(16)20/h5-7,9,11-12,15,20,26H,8,10H2,1-4H3.